The summed E-state index contributed by atoms with van der Waals surface area (Å²) in [5, 5.41) is 29.0. The number of rotatable bonds is 2. The van der Waals surface area contributed by atoms with Crippen molar-refractivity contribution in [1.29, 1.82) is 0 Å². The van der Waals surface area contributed by atoms with Crippen LogP contribution in [0.4, 0.5) is 5.82 Å². The molecule has 5 atom stereocenters. The van der Waals surface area contributed by atoms with Gasteiger partial charge in [-0.2, -0.15) is 0 Å². The Hall–Kier alpha value is -1.81. The van der Waals surface area contributed by atoms with E-state index in [4.69, 9.17) is 11.8 Å². The highest BCUT2D eigenvalue weighted by molar-refractivity contribution is 5.81. The second-order valence-electron chi connectivity index (χ2n) is 4.20. The standard InChI is InChI=1S/C10H13N5O4/c11-8-5-9(13-2-12-8)15(3-14-5)10-7(18)6(17)4(1-16)19-10/h2-4,6-7,10,16-18H,1H2,(H2,11,12,13)/t4-,6-,7-,10-/m1/s1/i1D/t1-,4+,6+,7+,10+/m0. The summed E-state index contributed by atoms with van der Waals surface area (Å²) in [7, 11) is 0. The van der Waals surface area contributed by atoms with E-state index in [-0.39, 0.29) is 5.82 Å². The third-order valence-corrected chi connectivity index (χ3v) is 3.08. The Kier molecular flexibility index (Phi) is 2.55. The van der Waals surface area contributed by atoms with E-state index < -0.39 is 31.1 Å². The average molecular weight is 268 g/mol. The average Bonchev–Trinajstić information content (AvgIpc) is 2.94. The normalized spacial score (nSPS) is 33.5. The smallest absolute Gasteiger partial charge is 0.167 e. The van der Waals surface area contributed by atoms with Crippen molar-refractivity contribution in [3.63, 3.8) is 0 Å². The topological polar surface area (TPSA) is 140 Å². The molecule has 1 aliphatic rings. The monoisotopic (exact) mass is 268 g/mol. The summed E-state index contributed by atoms with van der Waals surface area (Å²) in [6.45, 7) is -1.67. The van der Waals surface area contributed by atoms with E-state index in [1.54, 1.807) is 0 Å². The van der Waals surface area contributed by atoms with E-state index in [9.17, 15) is 15.3 Å². The van der Waals surface area contributed by atoms with Crippen molar-refractivity contribution in [2.24, 2.45) is 0 Å². The highest BCUT2D eigenvalue weighted by Gasteiger charge is 2.43. The molecule has 2 aromatic rings. The lowest BCUT2D eigenvalue weighted by molar-refractivity contribution is -0.0511. The first-order chi connectivity index (χ1) is 9.50. The molecule has 19 heavy (non-hydrogen) atoms. The number of imidazole rings is 1. The number of anilines is 1. The lowest BCUT2D eigenvalue weighted by Crippen LogP contribution is -2.33. The van der Waals surface area contributed by atoms with Crippen molar-refractivity contribution >= 4 is 17.0 Å². The van der Waals surface area contributed by atoms with Crippen LogP contribution in [-0.2, 0) is 4.74 Å². The summed E-state index contributed by atoms with van der Waals surface area (Å²) in [5.41, 5.74) is 6.32. The third-order valence-electron chi connectivity index (χ3n) is 3.08. The van der Waals surface area contributed by atoms with Crippen LogP contribution < -0.4 is 5.73 Å². The van der Waals surface area contributed by atoms with Crippen molar-refractivity contribution in [2.45, 2.75) is 24.5 Å². The van der Waals surface area contributed by atoms with Crippen LogP contribution in [0.2, 0.25) is 0 Å². The lowest BCUT2D eigenvalue weighted by Gasteiger charge is -2.16. The quantitative estimate of drug-likeness (QED) is 0.491. The van der Waals surface area contributed by atoms with Gasteiger partial charge in [-0.25, -0.2) is 15.0 Å². The van der Waals surface area contributed by atoms with Gasteiger partial charge in [0.05, 0.1) is 14.3 Å². The predicted molar refractivity (Wildman–Crippen MR) is 62.7 cm³/mol. The van der Waals surface area contributed by atoms with Crippen LogP contribution >= 0.6 is 0 Å². The molecular weight excluding hydrogens is 254 g/mol. The van der Waals surface area contributed by atoms with E-state index in [1.165, 1.54) is 17.2 Å². The number of nitrogens with zero attached hydrogens (tertiary/aromatic N) is 4. The van der Waals surface area contributed by atoms with Crippen LogP contribution in [0.1, 0.15) is 7.60 Å². The number of aliphatic hydroxyl groups excluding tert-OH is 3. The van der Waals surface area contributed by atoms with Crippen molar-refractivity contribution in [3.8, 4) is 0 Å². The first-order valence-electron chi connectivity index (χ1n) is 6.13. The van der Waals surface area contributed by atoms with Gasteiger partial charge in [-0.05, 0) is 0 Å². The molecule has 3 rings (SSSR count). The fourth-order valence-electron chi connectivity index (χ4n) is 2.09. The Balaban J connectivity index is 2.02. The van der Waals surface area contributed by atoms with Gasteiger partial charge in [-0.15, -0.1) is 0 Å². The molecule has 0 radical (unpaired) electrons. The van der Waals surface area contributed by atoms with E-state index in [1.807, 2.05) is 0 Å². The minimum atomic E-state index is -1.67. The molecule has 2 aromatic heterocycles. The zero-order chi connectivity index (χ0) is 14.4. The van der Waals surface area contributed by atoms with Gasteiger partial charge < -0.3 is 25.8 Å². The Morgan fingerprint density at radius 2 is 2.16 bits per heavy atom. The number of hydrogen-bond donors (Lipinski definition) is 4. The minimum Gasteiger partial charge on any atom is -0.394 e. The Morgan fingerprint density at radius 3 is 2.84 bits per heavy atom. The molecule has 0 spiro atoms. The zero-order valence-corrected chi connectivity index (χ0v) is 9.66. The molecule has 0 amide bonds. The van der Waals surface area contributed by atoms with E-state index in [0.717, 1.165) is 0 Å². The predicted octanol–water partition coefficient (Wildman–Crippen LogP) is -1.98. The fraction of sp³-hybridized carbons (Fsp3) is 0.500. The molecular formula is C10H13N5O4. The summed E-state index contributed by atoms with van der Waals surface area (Å²) in [5.74, 6) is 0.180. The molecule has 1 aliphatic heterocycles. The first kappa shape index (κ1) is 11.1. The van der Waals surface area contributed by atoms with Gasteiger partial charge >= 0.3 is 0 Å². The van der Waals surface area contributed by atoms with Gasteiger partial charge in [-0.1, -0.05) is 0 Å². The molecule has 1 fully saturated rings. The van der Waals surface area contributed by atoms with Gasteiger partial charge in [-0.3, -0.25) is 4.57 Å². The molecule has 0 bridgehead atoms. The van der Waals surface area contributed by atoms with Gasteiger partial charge in [0.15, 0.2) is 17.7 Å². The second kappa shape index (κ2) is 4.38. The van der Waals surface area contributed by atoms with Crippen LogP contribution in [0, 0.1) is 0 Å². The molecule has 0 saturated carbocycles. The van der Waals surface area contributed by atoms with Crippen molar-refractivity contribution in [1.82, 2.24) is 19.5 Å². The second-order valence-corrected chi connectivity index (χ2v) is 4.20. The largest absolute Gasteiger partial charge is 0.394 e. The fourth-order valence-corrected chi connectivity index (χ4v) is 2.09. The SMILES string of the molecule is [2H][C@H](O)[C@H]1O[C@@H](n2cnc3c(N)ncnc32)[C@H](O)[C@@H]1O. The summed E-state index contributed by atoms with van der Waals surface area (Å²) in [6, 6.07) is 0. The van der Waals surface area contributed by atoms with Crippen LogP contribution in [0.5, 0.6) is 0 Å². The molecule has 0 aliphatic carbocycles. The van der Waals surface area contributed by atoms with E-state index >= 15 is 0 Å². The maximum Gasteiger partial charge on any atom is 0.167 e. The number of ether oxygens (including phenoxy) is 1. The summed E-state index contributed by atoms with van der Waals surface area (Å²) in [4.78, 5) is 11.8. The molecule has 3 heterocycles. The van der Waals surface area contributed by atoms with Crippen LogP contribution in [-0.4, -0.2) is 59.7 Å². The van der Waals surface area contributed by atoms with Crippen LogP contribution in [0.25, 0.3) is 11.2 Å². The molecule has 102 valence electrons. The maximum absolute atomic E-state index is 9.98. The highest BCUT2D eigenvalue weighted by Crippen LogP contribution is 2.31. The Bertz CT molecular complexity index is 635. The molecule has 0 unspecified atom stereocenters. The lowest BCUT2D eigenvalue weighted by atomic mass is 10.1. The summed E-state index contributed by atoms with van der Waals surface area (Å²) >= 11 is 0. The van der Waals surface area contributed by atoms with Crippen LogP contribution in [0.3, 0.4) is 0 Å². The number of nitrogen functional groups attached to an aromatic ring is 1. The number of aliphatic hydroxyl groups is 3. The van der Waals surface area contributed by atoms with Crippen LogP contribution in [0.15, 0.2) is 12.7 Å². The van der Waals surface area contributed by atoms with Gasteiger partial charge in [0, 0.05) is 0 Å². The first-order valence-corrected chi connectivity index (χ1v) is 5.55. The number of fused-ring (bicyclic) bond motifs is 1. The minimum absolute atomic E-state index is 0.180. The highest BCUT2D eigenvalue weighted by atomic mass is 16.6. The molecule has 1 saturated heterocycles. The molecule has 9 nitrogen and oxygen atoms in total. The van der Waals surface area contributed by atoms with Crippen molar-refractivity contribution in [3.05, 3.63) is 12.7 Å². The van der Waals surface area contributed by atoms with Gasteiger partial charge in [0.2, 0.25) is 0 Å². The number of hydrogen-bond acceptors (Lipinski definition) is 8. The third kappa shape index (κ3) is 1.75. The number of nitrogens with two attached hydrogens (primary N) is 1. The Morgan fingerprint density at radius 1 is 1.37 bits per heavy atom. The Labute approximate surface area is 108 Å². The van der Waals surface area contributed by atoms with Gasteiger partial charge in [0.25, 0.3) is 0 Å². The maximum atomic E-state index is 9.98. The molecule has 0 aromatic carbocycles. The summed E-state index contributed by atoms with van der Waals surface area (Å²) < 4.78 is 13.9. The van der Waals surface area contributed by atoms with Crippen molar-refractivity contribution < 1.29 is 21.4 Å². The molecule has 5 N–H and O–H groups in total. The summed E-state index contributed by atoms with van der Waals surface area (Å²) in [6.07, 6.45) is -2.36. The van der Waals surface area contributed by atoms with Crippen molar-refractivity contribution in [2.75, 3.05) is 12.3 Å². The molecule has 9 heteroatoms. The van der Waals surface area contributed by atoms with Gasteiger partial charge in [0.1, 0.15) is 30.2 Å². The number of aromatic nitrogens is 4. The van der Waals surface area contributed by atoms with E-state index in [2.05, 4.69) is 15.0 Å². The zero-order valence-electron chi connectivity index (χ0n) is 10.7. The van der Waals surface area contributed by atoms with E-state index in [0.29, 0.717) is 11.2 Å².